The van der Waals surface area contributed by atoms with E-state index in [1.54, 1.807) is 13.8 Å². The van der Waals surface area contributed by atoms with Gasteiger partial charge in [-0.05, 0) is 26.7 Å². The summed E-state index contributed by atoms with van der Waals surface area (Å²) in [6, 6.07) is 0. The number of nitrogens with one attached hydrogen (secondary N) is 1. The second-order valence-corrected chi connectivity index (χ2v) is 5.49. The van der Waals surface area contributed by atoms with E-state index in [1.807, 2.05) is 13.8 Å². The van der Waals surface area contributed by atoms with E-state index in [2.05, 4.69) is 10.4 Å². The lowest BCUT2D eigenvalue weighted by Gasteiger charge is -2.31. The molecule has 1 aromatic rings. The number of aromatic nitrogens is 2. The summed E-state index contributed by atoms with van der Waals surface area (Å²) in [5, 5.41) is 18.1. The quantitative estimate of drug-likeness (QED) is 0.550. The van der Waals surface area contributed by atoms with Gasteiger partial charge < -0.3 is 11.1 Å². The van der Waals surface area contributed by atoms with Gasteiger partial charge in [-0.3, -0.25) is 19.6 Å². The van der Waals surface area contributed by atoms with Crippen molar-refractivity contribution in [1.82, 2.24) is 15.1 Å². The standard InChI is InChI=1S/C14H25N5O3.ClH/c1-5-14(6-2,9-15)16-12(20)7-8-18-11(4)13(19(21)22)10(3)17-18;/h5-9,15H2,1-4H3,(H,16,20);1H. The number of nitrogens with two attached hydrogens (primary N) is 1. The molecule has 0 aliphatic heterocycles. The predicted octanol–water partition coefficient (Wildman–Crippen LogP) is 1.85. The second-order valence-electron chi connectivity index (χ2n) is 5.49. The lowest BCUT2D eigenvalue weighted by molar-refractivity contribution is -0.386. The first-order valence-corrected chi connectivity index (χ1v) is 7.49. The van der Waals surface area contributed by atoms with E-state index >= 15 is 0 Å². The number of hydrogen-bond acceptors (Lipinski definition) is 5. The largest absolute Gasteiger partial charge is 0.349 e. The summed E-state index contributed by atoms with van der Waals surface area (Å²) in [4.78, 5) is 22.6. The first-order chi connectivity index (χ1) is 10.3. The average molecular weight is 348 g/mol. The highest BCUT2D eigenvalue weighted by molar-refractivity contribution is 5.85. The van der Waals surface area contributed by atoms with Gasteiger partial charge in [0.15, 0.2) is 0 Å². The molecule has 3 N–H and O–H groups in total. The van der Waals surface area contributed by atoms with Crippen molar-refractivity contribution in [3.8, 4) is 0 Å². The number of carbonyl (C=O) groups excluding carboxylic acids is 1. The van der Waals surface area contributed by atoms with Crippen LogP contribution in [0.4, 0.5) is 5.69 Å². The molecule has 0 radical (unpaired) electrons. The van der Waals surface area contributed by atoms with Gasteiger partial charge in [0.1, 0.15) is 11.4 Å². The first kappa shape index (κ1) is 21.3. The summed E-state index contributed by atoms with van der Waals surface area (Å²) in [7, 11) is 0. The Morgan fingerprint density at radius 3 is 2.35 bits per heavy atom. The van der Waals surface area contributed by atoms with Crippen LogP contribution in [0.1, 0.15) is 44.5 Å². The minimum atomic E-state index is -0.443. The molecule has 1 aromatic heterocycles. The van der Waals surface area contributed by atoms with Gasteiger partial charge in [-0.1, -0.05) is 13.8 Å². The number of halogens is 1. The van der Waals surface area contributed by atoms with Crippen molar-refractivity contribution >= 4 is 24.0 Å². The summed E-state index contributed by atoms with van der Waals surface area (Å²) in [6.45, 7) is 7.90. The van der Waals surface area contributed by atoms with E-state index in [4.69, 9.17) is 5.73 Å². The Bertz CT molecular complexity index is 547. The highest BCUT2D eigenvalue weighted by atomic mass is 35.5. The molecule has 8 nitrogen and oxygen atoms in total. The highest BCUT2D eigenvalue weighted by Gasteiger charge is 2.26. The van der Waals surface area contributed by atoms with Gasteiger partial charge in [-0.25, -0.2) is 0 Å². The third-order valence-electron chi connectivity index (χ3n) is 4.23. The SMILES string of the molecule is CCC(CC)(CN)NC(=O)CCn1nc(C)c([N+](=O)[O-])c1C.Cl. The van der Waals surface area contributed by atoms with Crippen LogP contribution in [-0.4, -0.2) is 32.7 Å². The normalized spacial score (nSPS) is 11.0. The van der Waals surface area contributed by atoms with Gasteiger partial charge in [-0.2, -0.15) is 5.10 Å². The summed E-state index contributed by atoms with van der Waals surface area (Å²) in [5.41, 5.74) is 6.22. The smallest absolute Gasteiger partial charge is 0.312 e. The highest BCUT2D eigenvalue weighted by Crippen LogP contribution is 2.22. The molecule has 0 fully saturated rings. The monoisotopic (exact) mass is 347 g/mol. The fourth-order valence-corrected chi connectivity index (χ4v) is 2.50. The van der Waals surface area contributed by atoms with Crippen molar-refractivity contribution in [1.29, 1.82) is 0 Å². The zero-order chi connectivity index (χ0) is 16.9. The fourth-order valence-electron chi connectivity index (χ4n) is 2.50. The Balaban J connectivity index is 0.00000484. The second kappa shape index (κ2) is 8.83. The molecular weight excluding hydrogens is 322 g/mol. The van der Waals surface area contributed by atoms with Crippen LogP contribution in [-0.2, 0) is 11.3 Å². The van der Waals surface area contributed by atoms with Crippen LogP contribution < -0.4 is 11.1 Å². The van der Waals surface area contributed by atoms with Crippen molar-refractivity contribution in [3.63, 3.8) is 0 Å². The lowest BCUT2D eigenvalue weighted by Crippen LogP contribution is -2.53. The predicted molar refractivity (Wildman–Crippen MR) is 90.7 cm³/mol. The van der Waals surface area contributed by atoms with Gasteiger partial charge in [0.25, 0.3) is 0 Å². The maximum absolute atomic E-state index is 12.1. The number of rotatable bonds is 8. The summed E-state index contributed by atoms with van der Waals surface area (Å²) in [6.07, 6.45) is 1.73. The molecule has 0 aliphatic rings. The van der Waals surface area contributed by atoms with E-state index in [0.29, 0.717) is 24.5 Å². The molecule has 0 saturated heterocycles. The van der Waals surface area contributed by atoms with Crippen LogP contribution in [0.3, 0.4) is 0 Å². The molecular formula is C14H26ClN5O3. The molecule has 0 spiro atoms. The van der Waals surface area contributed by atoms with Gasteiger partial charge in [0.05, 0.1) is 17.0 Å². The van der Waals surface area contributed by atoms with Crippen LogP contribution in [0.15, 0.2) is 0 Å². The molecule has 0 aromatic carbocycles. The number of nitro groups is 1. The molecule has 0 bridgehead atoms. The number of carbonyl (C=O) groups is 1. The minimum Gasteiger partial charge on any atom is -0.349 e. The number of amides is 1. The van der Waals surface area contributed by atoms with Crippen LogP contribution >= 0.6 is 12.4 Å². The van der Waals surface area contributed by atoms with E-state index < -0.39 is 4.92 Å². The van der Waals surface area contributed by atoms with Crippen molar-refractivity contribution in [3.05, 3.63) is 21.5 Å². The molecule has 9 heteroatoms. The Hall–Kier alpha value is -1.67. The van der Waals surface area contributed by atoms with E-state index in [0.717, 1.165) is 12.8 Å². The van der Waals surface area contributed by atoms with Crippen molar-refractivity contribution in [2.24, 2.45) is 5.73 Å². The Morgan fingerprint density at radius 1 is 1.39 bits per heavy atom. The summed E-state index contributed by atoms with van der Waals surface area (Å²) >= 11 is 0. The Kier molecular flexibility index (Phi) is 8.19. The van der Waals surface area contributed by atoms with Crippen LogP contribution in [0.2, 0.25) is 0 Å². The van der Waals surface area contributed by atoms with Crippen LogP contribution in [0.25, 0.3) is 0 Å². The van der Waals surface area contributed by atoms with Crippen molar-refractivity contribution in [2.75, 3.05) is 6.54 Å². The molecule has 132 valence electrons. The van der Waals surface area contributed by atoms with E-state index in [-0.39, 0.29) is 36.0 Å². The zero-order valence-corrected chi connectivity index (χ0v) is 14.9. The van der Waals surface area contributed by atoms with E-state index in [9.17, 15) is 14.9 Å². The van der Waals surface area contributed by atoms with Crippen LogP contribution in [0.5, 0.6) is 0 Å². The molecule has 23 heavy (non-hydrogen) atoms. The Labute approximate surface area is 142 Å². The first-order valence-electron chi connectivity index (χ1n) is 7.49. The summed E-state index contributed by atoms with van der Waals surface area (Å²) in [5.74, 6) is -0.121. The maximum Gasteiger partial charge on any atom is 0.312 e. The molecule has 1 amide bonds. The molecule has 0 unspecified atom stereocenters. The van der Waals surface area contributed by atoms with Crippen molar-refractivity contribution in [2.45, 2.75) is 59.0 Å². The molecule has 0 saturated carbocycles. The van der Waals surface area contributed by atoms with Gasteiger partial charge in [-0.15, -0.1) is 12.4 Å². The van der Waals surface area contributed by atoms with Crippen LogP contribution in [0, 0.1) is 24.0 Å². The Morgan fingerprint density at radius 2 is 1.96 bits per heavy atom. The van der Waals surface area contributed by atoms with Gasteiger partial charge in [0, 0.05) is 13.0 Å². The topological polar surface area (TPSA) is 116 Å². The van der Waals surface area contributed by atoms with Crippen molar-refractivity contribution < 1.29 is 9.72 Å². The summed E-state index contributed by atoms with van der Waals surface area (Å²) < 4.78 is 1.51. The fraction of sp³-hybridized carbons (Fsp3) is 0.714. The molecule has 0 atom stereocenters. The number of aryl methyl sites for hydroxylation is 2. The van der Waals surface area contributed by atoms with E-state index in [1.165, 1.54) is 4.68 Å². The number of hydrogen-bond donors (Lipinski definition) is 2. The maximum atomic E-state index is 12.1. The average Bonchev–Trinajstić information content (AvgIpc) is 2.77. The minimum absolute atomic E-state index is 0. The molecule has 0 aliphatic carbocycles. The third-order valence-corrected chi connectivity index (χ3v) is 4.23. The molecule has 1 heterocycles. The molecule has 1 rings (SSSR count). The van der Waals surface area contributed by atoms with Gasteiger partial charge >= 0.3 is 5.69 Å². The lowest BCUT2D eigenvalue weighted by atomic mass is 9.93. The zero-order valence-electron chi connectivity index (χ0n) is 14.1. The number of nitrogens with zero attached hydrogens (tertiary/aromatic N) is 3. The van der Waals surface area contributed by atoms with Gasteiger partial charge in [0.2, 0.25) is 5.91 Å². The third kappa shape index (κ3) is 4.90.